The van der Waals surface area contributed by atoms with Crippen LogP contribution in [-0.4, -0.2) is 35.1 Å². The minimum absolute atomic E-state index is 0.0125. The van der Waals surface area contributed by atoms with Gasteiger partial charge >= 0.3 is 0 Å². The van der Waals surface area contributed by atoms with E-state index in [0.717, 1.165) is 12.6 Å². The smallest absolute Gasteiger partial charge is 0.187 e. The van der Waals surface area contributed by atoms with Crippen LogP contribution in [0.25, 0.3) is 0 Å². The van der Waals surface area contributed by atoms with E-state index in [0.29, 0.717) is 36.0 Å². The summed E-state index contributed by atoms with van der Waals surface area (Å²) >= 11 is 0. The predicted octanol–water partition coefficient (Wildman–Crippen LogP) is 2.52. The van der Waals surface area contributed by atoms with Crippen molar-refractivity contribution in [2.45, 2.75) is 25.9 Å². The molecule has 120 valence electrons. The molecule has 0 radical (unpaired) electrons. The summed E-state index contributed by atoms with van der Waals surface area (Å²) in [4.78, 5) is 20.5. The Labute approximate surface area is 133 Å². The molecule has 6 heteroatoms. The fourth-order valence-corrected chi connectivity index (χ4v) is 2.41. The predicted molar refractivity (Wildman–Crippen MR) is 81.1 cm³/mol. The van der Waals surface area contributed by atoms with Crippen molar-refractivity contribution in [1.29, 1.82) is 0 Å². The van der Waals surface area contributed by atoms with Gasteiger partial charge in [-0.2, -0.15) is 0 Å². The number of aryl methyl sites for hydroxylation is 1. The van der Waals surface area contributed by atoms with Gasteiger partial charge in [-0.25, -0.2) is 9.37 Å². The van der Waals surface area contributed by atoms with Crippen LogP contribution >= 0.6 is 0 Å². The van der Waals surface area contributed by atoms with Crippen LogP contribution in [0.1, 0.15) is 28.3 Å². The van der Waals surface area contributed by atoms with E-state index >= 15 is 0 Å². The van der Waals surface area contributed by atoms with Crippen molar-refractivity contribution in [3.05, 3.63) is 53.4 Å². The summed E-state index contributed by atoms with van der Waals surface area (Å²) in [6, 6.07) is 6.21. The maximum atomic E-state index is 12.9. The van der Waals surface area contributed by atoms with Crippen molar-refractivity contribution in [2.75, 3.05) is 13.2 Å². The van der Waals surface area contributed by atoms with Gasteiger partial charge in [0.25, 0.3) is 0 Å². The Bertz CT molecular complexity index is 697. The van der Waals surface area contributed by atoms with Crippen LogP contribution in [0.4, 0.5) is 4.39 Å². The molecule has 23 heavy (non-hydrogen) atoms. The van der Waals surface area contributed by atoms with Gasteiger partial charge in [-0.3, -0.25) is 9.78 Å². The summed E-state index contributed by atoms with van der Waals surface area (Å²) in [7, 11) is 0. The molecular weight excluding hydrogens is 299 g/mol. The first-order valence-electron chi connectivity index (χ1n) is 7.47. The number of pyridine rings is 2. The zero-order valence-corrected chi connectivity index (χ0v) is 12.8. The van der Waals surface area contributed by atoms with Crippen molar-refractivity contribution >= 4 is 5.78 Å². The Balaban J connectivity index is 1.74. The standard InChI is InChI=1S/C17H17FN2O3/c1-11-6-15(23-14-4-5-22-10-14)8-16(20-11)17(21)7-13-3-2-12(18)9-19-13/h2-3,6,8-9,14H,4-5,7,10H2,1H3/t14-/m1/s1. The summed E-state index contributed by atoms with van der Waals surface area (Å²) in [6.07, 6.45) is 2.02. The highest BCUT2D eigenvalue weighted by molar-refractivity contribution is 5.95. The average Bonchev–Trinajstić information content (AvgIpc) is 3.02. The third-order valence-electron chi connectivity index (χ3n) is 3.53. The average molecular weight is 316 g/mol. The summed E-state index contributed by atoms with van der Waals surface area (Å²) in [5, 5.41) is 0. The summed E-state index contributed by atoms with van der Waals surface area (Å²) < 4.78 is 24.0. The van der Waals surface area contributed by atoms with Crippen molar-refractivity contribution in [2.24, 2.45) is 0 Å². The molecule has 0 aliphatic carbocycles. The molecule has 5 nitrogen and oxygen atoms in total. The van der Waals surface area contributed by atoms with E-state index in [1.54, 1.807) is 12.1 Å². The molecule has 1 aliphatic heterocycles. The lowest BCUT2D eigenvalue weighted by Crippen LogP contribution is -2.16. The normalized spacial score (nSPS) is 17.2. The lowest BCUT2D eigenvalue weighted by Gasteiger charge is -2.13. The largest absolute Gasteiger partial charge is 0.488 e. The quantitative estimate of drug-likeness (QED) is 0.793. The third-order valence-corrected chi connectivity index (χ3v) is 3.53. The second kappa shape index (κ2) is 6.83. The summed E-state index contributed by atoms with van der Waals surface area (Å²) in [6.45, 7) is 3.06. The molecule has 3 rings (SSSR count). The van der Waals surface area contributed by atoms with Gasteiger partial charge in [0.15, 0.2) is 5.78 Å². The molecule has 1 aliphatic rings. The maximum Gasteiger partial charge on any atom is 0.187 e. The van der Waals surface area contributed by atoms with Crippen molar-refractivity contribution in [1.82, 2.24) is 9.97 Å². The van der Waals surface area contributed by atoms with E-state index in [1.807, 2.05) is 6.92 Å². The lowest BCUT2D eigenvalue weighted by atomic mass is 10.1. The number of aromatic nitrogens is 2. The number of rotatable bonds is 5. The van der Waals surface area contributed by atoms with Crippen LogP contribution in [0.15, 0.2) is 30.5 Å². The summed E-state index contributed by atoms with van der Waals surface area (Å²) in [5.74, 6) is 0.00749. The van der Waals surface area contributed by atoms with Gasteiger partial charge in [0, 0.05) is 29.9 Å². The van der Waals surface area contributed by atoms with Crippen LogP contribution < -0.4 is 4.74 Å². The van der Waals surface area contributed by atoms with Crippen molar-refractivity contribution in [3.8, 4) is 5.75 Å². The first-order chi connectivity index (χ1) is 11.1. The molecule has 0 aromatic carbocycles. The highest BCUT2D eigenvalue weighted by Gasteiger charge is 2.19. The number of hydrogen-bond acceptors (Lipinski definition) is 5. The first-order valence-corrected chi connectivity index (χ1v) is 7.47. The summed E-state index contributed by atoms with van der Waals surface area (Å²) in [5.41, 5.74) is 1.54. The minimum atomic E-state index is -0.427. The van der Waals surface area contributed by atoms with Gasteiger partial charge in [0.2, 0.25) is 0 Å². The van der Waals surface area contributed by atoms with Gasteiger partial charge in [-0.05, 0) is 19.1 Å². The van der Waals surface area contributed by atoms with Crippen LogP contribution in [0.5, 0.6) is 5.75 Å². The monoisotopic (exact) mass is 316 g/mol. The van der Waals surface area contributed by atoms with Gasteiger partial charge in [0.1, 0.15) is 23.4 Å². The molecule has 0 saturated carbocycles. The molecule has 0 bridgehead atoms. The molecular formula is C17H17FN2O3. The lowest BCUT2D eigenvalue weighted by molar-refractivity contribution is 0.0985. The zero-order valence-electron chi connectivity index (χ0n) is 12.8. The highest BCUT2D eigenvalue weighted by atomic mass is 19.1. The molecule has 3 heterocycles. The Morgan fingerprint density at radius 3 is 3.00 bits per heavy atom. The topological polar surface area (TPSA) is 61.3 Å². The minimum Gasteiger partial charge on any atom is -0.488 e. The molecule has 2 aromatic heterocycles. The van der Waals surface area contributed by atoms with E-state index in [1.165, 1.54) is 12.1 Å². The number of Topliss-reactive ketones (excluding diaryl/α,β-unsaturated/α-hetero) is 1. The molecule has 0 spiro atoms. The van der Waals surface area contributed by atoms with Crippen LogP contribution in [0, 0.1) is 12.7 Å². The SMILES string of the molecule is Cc1cc(O[C@@H]2CCOC2)cc(C(=O)Cc2ccc(F)cn2)n1. The Hall–Kier alpha value is -2.34. The molecule has 1 atom stereocenters. The third kappa shape index (κ3) is 4.10. The molecule has 1 fully saturated rings. The van der Waals surface area contributed by atoms with E-state index in [9.17, 15) is 9.18 Å². The second-order valence-corrected chi connectivity index (χ2v) is 5.50. The number of halogens is 1. The maximum absolute atomic E-state index is 12.9. The number of carbonyl (C=O) groups is 1. The van der Waals surface area contributed by atoms with Crippen LogP contribution in [0.3, 0.4) is 0 Å². The molecule has 0 unspecified atom stereocenters. The zero-order chi connectivity index (χ0) is 16.2. The number of nitrogens with zero attached hydrogens (tertiary/aromatic N) is 2. The molecule has 0 N–H and O–H groups in total. The number of ether oxygens (including phenoxy) is 2. The van der Waals surface area contributed by atoms with E-state index < -0.39 is 5.82 Å². The Kier molecular flexibility index (Phi) is 4.62. The van der Waals surface area contributed by atoms with E-state index in [2.05, 4.69) is 9.97 Å². The second-order valence-electron chi connectivity index (χ2n) is 5.50. The Morgan fingerprint density at radius 1 is 1.43 bits per heavy atom. The van der Waals surface area contributed by atoms with Gasteiger partial charge < -0.3 is 9.47 Å². The van der Waals surface area contributed by atoms with Crippen LogP contribution in [-0.2, 0) is 11.2 Å². The van der Waals surface area contributed by atoms with E-state index in [-0.39, 0.29) is 18.3 Å². The number of carbonyl (C=O) groups excluding carboxylic acids is 1. The molecule has 0 amide bonds. The first kappa shape index (κ1) is 15.6. The Morgan fingerprint density at radius 2 is 2.30 bits per heavy atom. The van der Waals surface area contributed by atoms with Gasteiger partial charge in [-0.1, -0.05) is 0 Å². The van der Waals surface area contributed by atoms with Crippen LogP contribution in [0.2, 0.25) is 0 Å². The van der Waals surface area contributed by atoms with Gasteiger partial charge in [0.05, 0.1) is 25.8 Å². The fourth-order valence-electron chi connectivity index (χ4n) is 2.41. The number of ketones is 1. The molecule has 2 aromatic rings. The van der Waals surface area contributed by atoms with Crippen molar-refractivity contribution < 1.29 is 18.7 Å². The molecule has 1 saturated heterocycles. The van der Waals surface area contributed by atoms with Gasteiger partial charge in [-0.15, -0.1) is 0 Å². The van der Waals surface area contributed by atoms with Crippen molar-refractivity contribution in [3.63, 3.8) is 0 Å². The van der Waals surface area contributed by atoms with E-state index in [4.69, 9.17) is 9.47 Å². The highest BCUT2D eigenvalue weighted by Crippen LogP contribution is 2.20. The number of hydrogen-bond donors (Lipinski definition) is 0. The fraction of sp³-hybridized carbons (Fsp3) is 0.353.